The first-order chi connectivity index (χ1) is 16.7. The van der Waals surface area contributed by atoms with E-state index in [9.17, 15) is 25.0 Å². The quantitative estimate of drug-likeness (QED) is 0.251. The highest BCUT2D eigenvalue weighted by Gasteiger charge is 2.22. The highest BCUT2D eigenvalue weighted by Crippen LogP contribution is 2.36. The molecule has 0 spiro atoms. The second-order valence-electron chi connectivity index (χ2n) is 6.72. The highest BCUT2D eigenvalue weighted by atomic mass is 35.5. The van der Waals surface area contributed by atoms with Crippen LogP contribution in [0, 0.1) is 20.2 Å². The number of benzene rings is 3. The average molecular weight is 501 g/mol. The predicted molar refractivity (Wildman–Crippen MR) is 126 cm³/mol. The van der Waals surface area contributed by atoms with Gasteiger partial charge in [-0.15, -0.1) is 0 Å². The number of methoxy groups -OCH3 is 2. The molecule has 0 saturated carbocycles. The van der Waals surface area contributed by atoms with Crippen LogP contribution in [0.5, 0.6) is 23.0 Å². The van der Waals surface area contributed by atoms with Crippen LogP contribution in [0.4, 0.5) is 11.4 Å². The van der Waals surface area contributed by atoms with E-state index in [1.807, 2.05) is 0 Å². The van der Waals surface area contributed by atoms with Crippen LogP contribution >= 0.6 is 11.6 Å². The van der Waals surface area contributed by atoms with E-state index in [4.69, 9.17) is 25.8 Å². The number of hydrogen-bond acceptors (Lipinski definition) is 9. The van der Waals surface area contributed by atoms with Gasteiger partial charge in [-0.25, -0.2) is 5.43 Å². The Bertz CT molecular complexity index is 1330. The Hall–Kier alpha value is -4.71. The molecule has 0 radical (unpaired) electrons. The van der Waals surface area contributed by atoms with Gasteiger partial charge in [0.05, 0.1) is 36.3 Å². The molecule has 3 rings (SSSR count). The molecule has 3 aromatic carbocycles. The van der Waals surface area contributed by atoms with Crippen molar-refractivity contribution < 1.29 is 28.9 Å². The number of halogens is 1. The third-order valence-corrected chi connectivity index (χ3v) is 4.79. The molecule has 180 valence electrons. The molecule has 0 fully saturated rings. The Morgan fingerprint density at radius 1 is 0.914 bits per heavy atom. The van der Waals surface area contributed by atoms with Gasteiger partial charge < -0.3 is 14.2 Å². The van der Waals surface area contributed by atoms with E-state index in [0.29, 0.717) is 16.5 Å². The van der Waals surface area contributed by atoms with Gasteiger partial charge in [0, 0.05) is 22.2 Å². The fourth-order valence-electron chi connectivity index (χ4n) is 2.88. The van der Waals surface area contributed by atoms with Gasteiger partial charge in [0.15, 0.2) is 11.5 Å². The summed E-state index contributed by atoms with van der Waals surface area (Å²) < 4.78 is 15.9. The van der Waals surface area contributed by atoms with E-state index >= 15 is 0 Å². The topological polar surface area (TPSA) is 155 Å². The van der Waals surface area contributed by atoms with Crippen molar-refractivity contribution in [3.8, 4) is 23.0 Å². The largest absolute Gasteiger partial charge is 0.493 e. The standard InChI is InChI=1S/C22H17ClN4O8/c1-33-20-6-3-13(10-21(20)34-2)22(28)25-24-12-14-9-15(23)4-7-18(14)35-19-8-5-16(26(29)30)11-17(19)27(31)32/h3-12H,1-2H3,(H,25,28)/b24-12+. The minimum Gasteiger partial charge on any atom is -0.493 e. The van der Waals surface area contributed by atoms with E-state index in [-0.39, 0.29) is 22.6 Å². The maximum absolute atomic E-state index is 12.4. The Kier molecular flexibility index (Phi) is 7.79. The maximum Gasteiger partial charge on any atom is 0.318 e. The molecule has 13 heteroatoms. The number of nitro groups is 2. The van der Waals surface area contributed by atoms with Gasteiger partial charge in [0.2, 0.25) is 5.75 Å². The molecular formula is C22H17ClN4O8. The van der Waals surface area contributed by atoms with Crippen molar-refractivity contribution in [2.75, 3.05) is 14.2 Å². The Morgan fingerprint density at radius 2 is 1.60 bits per heavy atom. The molecule has 0 unspecified atom stereocenters. The molecule has 0 heterocycles. The molecular weight excluding hydrogens is 484 g/mol. The molecule has 12 nitrogen and oxygen atoms in total. The maximum atomic E-state index is 12.4. The number of hydrazone groups is 1. The zero-order chi connectivity index (χ0) is 25.5. The normalized spacial score (nSPS) is 10.6. The van der Waals surface area contributed by atoms with Crippen molar-refractivity contribution in [3.05, 3.63) is 91.0 Å². The number of nitrogens with zero attached hydrogens (tertiary/aromatic N) is 3. The zero-order valence-corrected chi connectivity index (χ0v) is 19.0. The van der Waals surface area contributed by atoms with Crippen LogP contribution in [0.3, 0.4) is 0 Å². The molecule has 1 N–H and O–H groups in total. The summed E-state index contributed by atoms with van der Waals surface area (Å²) >= 11 is 6.04. The predicted octanol–water partition coefficient (Wildman–Crippen LogP) is 4.73. The summed E-state index contributed by atoms with van der Waals surface area (Å²) in [7, 11) is 2.91. The fraction of sp³-hybridized carbons (Fsp3) is 0.0909. The van der Waals surface area contributed by atoms with Crippen molar-refractivity contribution in [2.45, 2.75) is 0 Å². The monoisotopic (exact) mass is 500 g/mol. The number of carbonyl (C=O) groups is 1. The number of ether oxygens (including phenoxy) is 3. The molecule has 0 aliphatic rings. The van der Waals surface area contributed by atoms with Gasteiger partial charge in [-0.1, -0.05) is 11.6 Å². The van der Waals surface area contributed by atoms with Crippen LogP contribution in [-0.4, -0.2) is 36.2 Å². The van der Waals surface area contributed by atoms with Crippen LogP contribution in [0.1, 0.15) is 15.9 Å². The van der Waals surface area contributed by atoms with Gasteiger partial charge in [-0.2, -0.15) is 5.10 Å². The molecule has 0 bridgehead atoms. The smallest absolute Gasteiger partial charge is 0.318 e. The highest BCUT2D eigenvalue weighted by molar-refractivity contribution is 6.30. The third kappa shape index (κ3) is 6.00. The number of rotatable bonds is 9. The van der Waals surface area contributed by atoms with Crippen molar-refractivity contribution in [1.29, 1.82) is 0 Å². The number of carbonyl (C=O) groups excluding carboxylic acids is 1. The minimum atomic E-state index is -0.796. The lowest BCUT2D eigenvalue weighted by Crippen LogP contribution is -2.17. The summed E-state index contributed by atoms with van der Waals surface area (Å²) in [4.78, 5) is 33.2. The average Bonchev–Trinajstić information content (AvgIpc) is 2.84. The summed E-state index contributed by atoms with van der Waals surface area (Å²) in [6.45, 7) is 0. The summed E-state index contributed by atoms with van der Waals surface area (Å²) in [6.07, 6.45) is 1.23. The number of nitrogens with one attached hydrogen (secondary N) is 1. The molecule has 3 aromatic rings. The van der Waals surface area contributed by atoms with Crippen LogP contribution in [0.25, 0.3) is 0 Å². The zero-order valence-electron chi connectivity index (χ0n) is 18.3. The minimum absolute atomic E-state index is 0.107. The fourth-order valence-corrected chi connectivity index (χ4v) is 3.06. The van der Waals surface area contributed by atoms with Gasteiger partial charge >= 0.3 is 5.69 Å². The Labute approximate surface area is 203 Å². The van der Waals surface area contributed by atoms with Crippen LogP contribution in [0.15, 0.2) is 59.7 Å². The summed E-state index contributed by atoms with van der Waals surface area (Å²) in [5.41, 5.74) is 1.82. The molecule has 0 aliphatic carbocycles. The van der Waals surface area contributed by atoms with Crippen molar-refractivity contribution in [3.63, 3.8) is 0 Å². The number of nitro benzene ring substituents is 2. The molecule has 0 aromatic heterocycles. The number of hydrogen-bond donors (Lipinski definition) is 1. The summed E-state index contributed by atoms with van der Waals surface area (Å²) in [5, 5.41) is 26.5. The molecule has 0 aliphatic heterocycles. The van der Waals surface area contributed by atoms with E-state index in [1.165, 1.54) is 50.8 Å². The Morgan fingerprint density at radius 3 is 2.26 bits per heavy atom. The van der Waals surface area contributed by atoms with Crippen molar-refractivity contribution in [1.82, 2.24) is 5.43 Å². The lowest BCUT2D eigenvalue weighted by atomic mass is 10.2. The van der Waals surface area contributed by atoms with Gasteiger partial charge in [0.25, 0.3) is 11.6 Å². The van der Waals surface area contributed by atoms with E-state index in [2.05, 4.69) is 10.5 Å². The first-order valence-electron chi connectivity index (χ1n) is 9.69. The van der Waals surface area contributed by atoms with E-state index in [0.717, 1.165) is 18.2 Å². The van der Waals surface area contributed by atoms with E-state index < -0.39 is 27.1 Å². The summed E-state index contributed by atoms with van der Waals surface area (Å²) in [6, 6.07) is 11.9. The first-order valence-corrected chi connectivity index (χ1v) is 10.1. The van der Waals surface area contributed by atoms with Gasteiger partial charge in [-0.3, -0.25) is 25.0 Å². The lowest BCUT2D eigenvalue weighted by molar-refractivity contribution is -0.394. The number of amides is 1. The molecule has 0 saturated heterocycles. The Balaban J connectivity index is 1.84. The van der Waals surface area contributed by atoms with Crippen molar-refractivity contribution >= 4 is 35.1 Å². The number of non-ortho nitro benzene ring substituents is 1. The van der Waals surface area contributed by atoms with E-state index in [1.54, 1.807) is 6.07 Å². The molecule has 35 heavy (non-hydrogen) atoms. The van der Waals surface area contributed by atoms with Crippen LogP contribution < -0.4 is 19.6 Å². The van der Waals surface area contributed by atoms with Gasteiger partial charge in [-0.05, 0) is 42.5 Å². The SMILES string of the molecule is COc1ccc(C(=O)N/N=C/c2cc(Cl)ccc2Oc2ccc([N+](=O)[O-])cc2[N+](=O)[O-])cc1OC. The molecule has 0 atom stereocenters. The summed E-state index contributed by atoms with van der Waals surface area (Å²) in [5.74, 6) is 0.146. The van der Waals surface area contributed by atoms with Crippen LogP contribution in [-0.2, 0) is 0 Å². The lowest BCUT2D eigenvalue weighted by Gasteiger charge is -2.10. The van der Waals surface area contributed by atoms with Gasteiger partial charge in [0.1, 0.15) is 5.75 Å². The second kappa shape index (κ2) is 10.9. The second-order valence-corrected chi connectivity index (χ2v) is 7.16. The third-order valence-electron chi connectivity index (χ3n) is 4.56. The van der Waals surface area contributed by atoms with Crippen molar-refractivity contribution in [2.24, 2.45) is 5.10 Å². The first kappa shape index (κ1) is 24.9. The molecule has 1 amide bonds. The van der Waals surface area contributed by atoms with Crippen LogP contribution in [0.2, 0.25) is 5.02 Å².